The summed E-state index contributed by atoms with van der Waals surface area (Å²) in [4.78, 5) is 33.4. The summed E-state index contributed by atoms with van der Waals surface area (Å²) in [6.07, 6.45) is 11.9. The average Bonchev–Trinajstić information content (AvgIpc) is 3.32. The van der Waals surface area contributed by atoms with Crippen LogP contribution in [0.1, 0.15) is 61.7 Å². The Morgan fingerprint density at radius 1 is 0.811 bits per heavy atom. The zero-order valence-corrected chi connectivity index (χ0v) is 21.2. The molecule has 2 saturated heterocycles. The van der Waals surface area contributed by atoms with E-state index in [1.807, 2.05) is 57.0 Å². The molecule has 37 heavy (non-hydrogen) atoms. The molecule has 6 rings (SSSR count). The van der Waals surface area contributed by atoms with Gasteiger partial charge in [0.1, 0.15) is 23.8 Å². The number of rotatable bonds is 5. The van der Waals surface area contributed by atoms with Crippen LogP contribution >= 0.6 is 0 Å². The summed E-state index contributed by atoms with van der Waals surface area (Å²) in [7, 11) is 0. The van der Waals surface area contributed by atoms with Gasteiger partial charge in [-0.25, -0.2) is 9.78 Å². The molecule has 0 bridgehead atoms. The summed E-state index contributed by atoms with van der Waals surface area (Å²) in [5.74, 6) is 1.63. The van der Waals surface area contributed by atoms with Crippen LogP contribution in [-0.4, -0.2) is 69.7 Å². The molecule has 8 heteroatoms. The lowest BCUT2D eigenvalue weighted by Crippen LogP contribution is -2.43. The van der Waals surface area contributed by atoms with Crippen molar-refractivity contribution >= 4 is 22.9 Å². The van der Waals surface area contributed by atoms with Crippen molar-refractivity contribution in [3.63, 3.8) is 0 Å². The van der Waals surface area contributed by atoms with Crippen molar-refractivity contribution in [3.8, 4) is 11.6 Å². The molecule has 0 atom stereocenters. The van der Waals surface area contributed by atoms with E-state index >= 15 is 0 Å². The first-order chi connectivity index (χ1) is 18.1. The molecular formula is C29H34N4O4. The van der Waals surface area contributed by atoms with Crippen LogP contribution < -0.4 is 4.74 Å². The Bertz CT molecular complexity index is 1250. The number of carbonyl (C=O) groups is 2. The number of ether oxygens (including phenoxy) is 2. The van der Waals surface area contributed by atoms with E-state index in [1.165, 1.54) is 6.42 Å². The van der Waals surface area contributed by atoms with Crippen LogP contribution in [0.4, 0.5) is 4.79 Å². The van der Waals surface area contributed by atoms with Gasteiger partial charge in [0.25, 0.3) is 5.91 Å². The van der Waals surface area contributed by atoms with Crippen LogP contribution in [-0.2, 0) is 4.74 Å². The molecule has 8 nitrogen and oxygen atoms in total. The monoisotopic (exact) mass is 502 g/mol. The van der Waals surface area contributed by atoms with Crippen LogP contribution in [0.15, 0.2) is 48.8 Å². The first-order valence-electron chi connectivity index (χ1n) is 13.6. The molecule has 0 N–H and O–H groups in total. The Morgan fingerprint density at radius 2 is 1.62 bits per heavy atom. The lowest BCUT2D eigenvalue weighted by Gasteiger charge is -2.33. The summed E-state index contributed by atoms with van der Waals surface area (Å²) >= 11 is 0. The SMILES string of the molecule is O=C(OC1CCCCC1)N1CCC(Oc2ccc(-n3ccc4cc(C(=O)N5CCC5)ccc43)nc2)CC1. The molecule has 3 fully saturated rings. The Morgan fingerprint density at radius 3 is 2.32 bits per heavy atom. The molecule has 1 aliphatic carbocycles. The molecule has 1 aromatic carbocycles. The second kappa shape index (κ2) is 10.4. The number of hydrogen-bond acceptors (Lipinski definition) is 5. The van der Waals surface area contributed by atoms with Crippen LogP contribution in [0.3, 0.4) is 0 Å². The Labute approximate surface area is 217 Å². The van der Waals surface area contributed by atoms with E-state index in [0.29, 0.717) is 13.1 Å². The standard InChI is InChI=1S/C29H34N4O4/c34-28(31-14-4-15-31)22-7-9-26-21(19-22)11-18-33(26)27-10-8-25(20-30-27)36-24-12-16-32(17-13-24)29(35)37-23-5-2-1-3-6-23/h7-11,18-20,23-24H,1-6,12-17H2. The fourth-order valence-electron chi connectivity index (χ4n) is 5.51. The van der Waals surface area contributed by atoms with Gasteiger partial charge in [0, 0.05) is 56.2 Å². The number of hydrogen-bond donors (Lipinski definition) is 0. The number of benzene rings is 1. The number of fused-ring (bicyclic) bond motifs is 1. The first kappa shape index (κ1) is 23.8. The van der Waals surface area contributed by atoms with Crippen molar-refractivity contribution in [2.75, 3.05) is 26.2 Å². The third-order valence-corrected chi connectivity index (χ3v) is 7.87. The van der Waals surface area contributed by atoms with E-state index in [2.05, 4.69) is 4.98 Å². The smallest absolute Gasteiger partial charge is 0.410 e. The normalized spacial score (nSPS) is 19.0. The molecule has 2 aliphatic heterocycles. The Hall–Kier alpha value is -3.55. The van der Waals surface area contributed by atoms with Gasteiger partial charge in [-0.05, 0) is 68.5 Å². The van der Waals surface area contributed by atoms with Gasteiger partial charge in [0.2, 0.25) is 0 Å². The van der Waals surface area contributed by atoms with E-state index in [-0.39, 0.29) is 24.2 Å². The van der Waals surface area contributed by atoms with E-state index in [0.717, 1.165) is 86.1 Å². The van der Waals surface area contributed by atoms with E-state index in [1.54, 1.807) is 6.20 Å². The van der Waals surface area contributed by atoms with Gasteiger partial charge in [0.15, 0.2) is 0 Å². The minimum atomic E-state index is -0.174. The number of likely N-dealkylation sites (tertiary alicyclic amines) is 2. The zero-order valence-electron chi connectivity index (χ0n) is 21.2. The molecule has 4 heterocycles. The van der Waals surface area contributed by atoms with E-state index in [9.17, 15) is 9.59 Å². The molecule has 2 aromatic heterocycles. The van der Waals surface area contributed by atoms with Crippen LogP contribution in [0.2, 0.25) is 0 Å². The van der Waals surface area contributed by atoms with Crippen molar-refractivity contribution in [2.24, 2.45) is 0 Å². The highest BCUT2D eigenvalue weighted by Crippen LogP contribution is 2.26. The highest BCUT2D eigenvalue weighted by Gasteiger charge is 2.27. The lowest BCUT2D eigenvalue weighted by atomic mass is 9.98. The third kappa shape index (κ3) is 5.15. The van der Waals surface area contributed by atoms with E-state index in [4.69, 9.17) is 9.47 Å². The van der Waals surface area contributed by atoms with Crippen LogP contribution in [0.25, 0.3) is 16.7 Å². The van der Waals surface area contributed by atoms with Gasteiger partial charge in [0.05, 0.1) is 11.7 Å². The van der Waals surface area contributed by atoms with E-state index < -0.39 is 0 Å². The maximum absolute atomic E-state index is 12.5. The molecule has 3 aromatic rings. The minimum absolute atomic E-state index is 0.0566. The highest BCUT2D eigenvalue weighted by atomic mass is 16.6. The summed E-state index contributed by atoms with van der Waals surface area (Å²) in [5.41, 5.74) is 1.74. The molecule has 0 radical (unpaired) electrons. The van der Waals surface area contributed by atoms with Gasteiger partial charge >= 0.3 is 6.09 Å². The fourth-order valence-corrected chi connectivity index (χ4v) is 5.51. The molecule has 0 spiro atoms. The number of pyridine rings is 1. The molecule has 3 aliphatic rings. The summed E-state index contributed by atoms with van der Waals surface area (Å²) in [6, 6.07) is 11.8. The molecule has 194 valence electrons. The summed E-state index contributed by atoms with van der Waals surface area (Å²) < 4.78 is 13.9. The minimum Gasteiger partial charge on any atom is -0.489 e. The van der Waals surface area contributed by atoms with Gasteiger partial charge in [-0.15, -0.1) is 0 Å². The van der Waals surface area contributed by atoms with Crippen molar-refractivity contribution in [1.29, 1.82) is 0 Å². The second-order valence-corrected chi connectivity index (χ2v) is 10.4. The summed E-state index contributed by atoms with van der Waals surface area (Å²) in [6.45, 7) is 3.00. The largest absolute Gasteiger partial charge is 0.489 e. The summed E-state index contributed by atoms with van der Waals surface area (Å²) in [5, 5.41) is 1.02. The first-order valence-corrected chi connectivity index (χ1v) is 13.6. The predicted molar refractivity (Wildman–Crippen MR) is 140 cm³/mol. The van der Waals surface area contributed by atoms with Crippen LogP contribution in [0.5, 0.6) is 5.75 Å². The third-order valence-electron chi connectivity index (χ3n) is 7.87. The number of carbonyl (C=O) groups excluding carboxylic acids is 2. The van der Waals surface area contributed by atoms with Crippen molar-refractivity contribution < 1.29 is 19.1 Å². The second-order valence-electron chi connectivity index (χ2n) is 10.4. The fraction of sp³-hybridized carbons (Fsp3) is 0.483. The Balaban J connectivity index is 1.04. The topological polar surface area (TPSA) is 76.9 Å². The van der Waals surface area contributed by atoms with Crippen LogP contribution in [0, 0.1) is 0 Å². The van der Waals surface area contributed by atoms with Crippen molar-refractivity contribution in [1.82, 2.24) is 19.4 Å². The lowest BCUT2D eigenvalue weighted by molar-refractivity contribution is 0.0299. The van der Waals surface area contributed by atoms with Crippen molar-refractivity contribution in [3.05, 3.63) is 54.4 Å². The van der Waals surface area contributed by atoms with Crippen molar-refractivity contribution in [2.45, 2.75) is 63.6 Å². The molecule has 2 amide bonds. The zero-order chi connectivity index (χ0) is 25.2. The highest BCUT2D eigenvalue weighted by molar-refractivity contribution is 5.98. The number of amides is 2. The maximum atomic E-state index is 12.5. The molecule has 0 unspecified atom stereocenters. The number of aromatic nitrogens is 2. The van der Waals surface area contributed by atoms with Gasteiger partial charge in [-0.2, -0.15) is 0 Å². The predicted octanol–water partition coefficient (Wildman–Crippen LogP) is 5.18. The maximum Gasteiger partial charge on any atom is 0.410 e. The average molecular weight is 503 g/mol. The quantitative estimate of drug-likeness (QED) is 0.480. The van der Waals surface area contributed by atoms with Gasteiger partial charge < -0.3 is 23.8 Å². The van der Waals surface area contributed by atoms with Gasteiger partial charge in [-0.3, -0.25) is 4.79 Å². The number of nitrogens with zero attached hydrogens (tertiary/aromatic N) is 4. The Kier molecular flexibility index (Phi) is 6.72. The number of piperidine rings is 1. The van der Waals surface area contributed by atoms with Gasteiger partial charge in [-0.1, -0.05) is 6.42 Å². The molecular weight excluding hydrogens is 468 g/mol. The molecule has 1 saturated carbocycles.